The van der Waals surface area contributed by atoms with Gasteiger partial charge in [0.05, 0.1) is 4.47 Å². The first kappa shape index (κ1) is 8.74. The third kappa shape index (κ3) is 2.31. The van der Waals surface area contributed by atoms with E-state index in [1.54, 1.807) is 6.20 Å². The highest BCUT2D eigenvalue weighted by atomic mass is 79.9. The molecule has 0 bridgehead atoms. The minimum atomic E-state index is 0.427. The minimum absolute atomic E-state index is 0.427. The molecule has 3 nitrogen and oxygen atoms in total. The third-order valence-corrected chi connectivity index (χ3v) is 2.13. The third-order valence-electron chi connectivity index (χ3n) is 1.04. The van der Waals surface area contributed by atoms with Gasteiger partial charge in [-0.1, -0.05) is 11.6 Å². The lowest BCUT2D eigenvalue weighted by Crippen LogP contribution is -2.01. The second-order valence-corrected chi connectivity index (χ2v) is 3.08. The molecule has 0 unspecified atom stereocenters. The molecule has 1 N–H and O–H groups in total. The topological polar surface area (TPSA) is 37.8 Å². The van der Waals surface area contributed by atoms with E-state index < -0.39 is 0 Å². The number of anilines is 1. The van der Waals surface area contributed by atoms with Gasteiger partial charge >= 0.3 is 0 Å². The summed E-state index contributed by atoms with van der Waals surface area (Å²) in [7, 11) is 0. The Balaban J connectivity index is 2.86. The molecule has 0 amide bonds. The summed E-state index contributed by atoms with van der Waals surface area (Å²) in [6, 6.07) is 0. The molecule has 1 aromatic rings. The fourth-order valence-electron chi connectivity index (χ4n) is 0.590. The van der Waals surface area contributed by atoms with Crippen molar-refractivity contribution in [3.63, 3.8) is 0 Å². The van der Waals surface area contributed by atoms with Gasteiger partial charge in [-0.15, -0.1) is 0 Å². The van der Waals surface area contributed by atoms with Gasteiger partial charge in [0.2, 0.25) is 5.95 Å². The van der Waals surface area contributed by atoms with E-state index in [0.717, 1.165) is 6.54 Å². The average molecular weight is 236 g/mol. The Hall–Kier alpha value is -0.350. The van der Waals surface area contributed by atoms with E-state index in [-0.39, 0.29) is 0 Å². The molecule has 0 saturated heterocycles. The van der Waals surface area contributed by atoms with Crippen LogP contribution in [-0.4, -0.2) is 16.5 Å². The molecule has 0 radical (unpaired) electrons. The number of nitrogens with one attached hydrogen (secondary N) is 1. The molecule has 0 aliphatic carbocycles. The summed E-state index contributed by atoms with van der Waals surface area (Å²) in [5, 5.41) is 3.37. The molecule has 1 heterocycles. The van der Waals surface area contributed by atoms with Gasteiger partial charge < -0.3 is 5.32 Å². The molecular formula is C6H7BrClN3. The summed E-state index contributed by atoms with van der Waals surface area (Å²) < 4.78 is 0.709. The fourth-order valence-corrected chi connectivity index (χ4v) is 0.909. The Morgan fingerprint density at radius 2 is 2.45 bits per heavy atom. The van der Waals surface area contributed by atoms with Crippen LogP contribution in [0.3, 0.4) is 0 Å². The first-order valence-corrected chi connectivity index (χ1v) is 4.33. The molecule has 0 aliphatic rings. The lowest BCUT2D eigenvalue weighted by molar-refractivity contribution is 1.08. The van der Waals surface area contributed by atoms with Gasteiger partial charge in [-0.05, 0) is 22.9 Å². The van der Waals surface area contributed by atoms with Gasteiger partial charge in [0.15, 0.2) is 0 Å². The zero-order valence-corrected chi connectivity index (χ0v) is 8.28. The van der Waals surface area contributed by atoms with Crippen molar-refractivity contribution < 1.29 is 0 Å². The zero-order valence-electron chi connectivity index (χ0n) is 5.93. The molecule has 1 aromatic heterocycles. The standard InChI is InChI=1S/C6H7BrClN3/c1-2-9-6-10-3-4(7)5(8)11-6/h3H,2H2,1H3,(H,9,10,11). The summed E-state index contributed by atoms with van der Waals surface area (Å²) in [5.41, 5.74) is 0. The fraction of sp³-hybridized carbons (Fsp3) is 0.333. The average Bonchev–Trinajstić information content (AvgIpc) is 1.98. The molecule has 0 atom stereocenters. The summed E-state index contributed by atoms with van der Waals surface area (Å²) >= 11 is 8.91. The van der Waals surface area contributed by atoms with Crippen molar-refractivity contribution in [1.29, 1.82) is 0 Å². The molecule has 60 valence electrons. The van der Waals surface area contributed by atoms with Crippen LogP contribution in [0.2, 0.25) is 5.15 Å². The molecule has 11 heavy (non-hydrogen) atoms. The van der Waals surface area contributed by atoms with E-state index in [9.17, 15) is 0 Å². The number of hydrogen-bond acceptors (Lipinski definition) is 3. The van der Waals surface area contributed by atoms with E-state index in [2.05, 4.69) is 31.2 Å². The molecule has 5 heteroatoms. The quantitative estimate of drug-likeness (QED) is 0.801. The van der Waals surface area contributed by atoms with Crippen molar-refractivity contribution in [1.82, 2.24) is 9.97 Å². The van der Waals surface area contributed by atoms with E-state index >= 15 is 0 Å². The SMILES string of the molecule is CCNc1ncc(Br)c(Cl)n1. The van der Waals surface area contributed by atoms with Crippen molar-refractivity contribution in [3.05, 3.63) is 15.8 Å². The van der Waals surface area contributed by atoms with E-state index in [0.29, 0.717) is 15.6 Å². The molecule has 0 fully saturated rings. The largest absolute Gasteiger partial charge is 0.354 e. The van der Waals surface area contributed by atoms with Crippen LogP contribution in [0, 0.1) is 0 Å². The highest BCUT2D eigenvalue weighted by molar-refractivity contribution is 9.10. The minimum Gasteiger partial charge on any atom is -0.354 e. The monoisotopic (exact) mass is 235 g/mol. The lowest BCUT2D eigenvalue weighted by atomic mass is 10.6. The number of hydrogen-bond donors (Lipinski definition) is 1. The molecule has 1 rings (SSSR count). The van der Waals surface area contributed by atoms with E-state index in [1.165, 1.54) is 0 Å². The van der Waals surface area contributed by atoms with Gasteiger partial charge in [-0.2, -0.15) is 4.98 Å². The van der Waals surface area contributed by atoms with E-state index in [1.807, 2.05) is 6.92 Å². The maximum Gasteiger partial charge on any atom is 0.224 e. The maximum atomic E-state index is 5.71. The van der Waals surface area contributed by atoms with Crippen molar-refractivity contribution >= 4 is 33.5 Å². The molecule has 0 aromatic carbocycles. The number of nitrogens with zero attached hydrogens (tertiary/aromatic N) is 2. The normalized spacial score (nSPS) is 9.73. The first-order chi connectivity index (χ1) is 5.24. The van der Waals surface area contributed by atoms with Crippen LogP contribution in [0.25, 0.3) is 0 Å². The molecular weight excluding hydrogens is 229 g/mol. The van der Waals surface area contributed by atoms with Gasteiger partial charge in [-0.3, -0.25) is 0 Å². The molecule has 0 aliphatic heterocycles. The van der Waals surface area contributed by atoms with Crippen LogP contribution in [0.4, 0.5) is 5.95 Å². The molecule has 0 saturated carbocycles. The van der Waals surface area contributed by atoms with Gasteiger partial charge in [0, 0.05) is 12.7 Å². The Morgan fingerprint density at radius 1 is 1.73 bits per heavy atom. The van der Waals surface area contributed by atoms with Crippen LogP contribution < -0.4 is 5.32 Å². The smallest absolute Gasteiger partial charge is 0.224 e. The predicted octanol–water partition coefficient (Wildman–Crippen LogP) is 2.32. The second-order valence-electron chi connectivity index (χ2n) is 1.86. The summed E-state index contributed by atoms with van der Waals surface area (Å²) in [5.74, 6) is 0.556. The highest BCUT2D eigenvalue weighted by Crippen LogP contribution is 2.19. The Labute approximate surface area is 78.3 Å². The number of halogens is 2. The van der Waals surface area contributed by atoms with Crippen molar-refractivity contribution in [2.24, 2.45) is 0 Å². The van der Waals surface area contributed by atoms with Crippen molar-refractivity contribution in [3.8, 4) is 0 Å². The molecule has 0 spiro atoms. The Morgan fingerprint density at radius 3 is 3.00 bits per heavy atom. The summed E-state index contributed by atoms with van der Waals surface area (Å²) in [6.45, 7) is 2.76. The van der Waals surface area contributed by atoms with Crippen LogP contribution in [0.5, 0.6) is 0 Å². The Bertz CT molecular complexity index is 254. The van der Waals surface area contributed by atoms with Crippen molar-refractivity contribution in [2.75, 3.05) is 11.9 Å². The van der Waals surface area contributed by atoms with Crippen LogP contribution >= 0.6 is 27.5 Å². The van der Waals surface area contributed by atoms with Gasteiger partial charge in [0.25, 0.3) is 0 Å². The van der Waals surface area contributed by atoms with Crippen molar-refractivity contribution in [2.45, 2.75) is 6.92 Å². The van der Waals surface area contributed by atoms with Gasteiger partial charge in [-0.25, -0.2) is 4.98 Å². The second kappa shape index (κ2) is 3.88. The summed E-state index contributed by atoms with van der Waals surface area (Å²) in [6.07, 6.45) is 1.62. The summed E-state index contributed by atoms with van der Waals surface area (Å²) in [4.78, 5) is 7.93. The van der Waals surface area contributed by atoms with Crippen LogP contribution in [0.1, 0.15) is 6.92 Å². The van der Waals surface area contributed by atoms with Crippen LogP contribution in [-0.2, 0) is 0 Å². The number of rotatable bonds is 2. The Kier molecular flexibility index (Phi) is 3.08. The number of aromatic nitrogens is 2. The lowest BCUT2D eigenvalue weighted by Gasteiger charge is -2.00. The van der Waals surface area contributed by atoms with E-state index in [4.69, 9.17) is 11.6 Å². The predicted molar refractivity (Wildman–Crippen MR) is 48.9 cm³/mol. The maximum absolute atomic E-state index is 5.71. The van der Waals surface area contributed by atoms with Crippen LogP contribution in [0.15, 0.2) is 10.7 Å². The first-order valence-electron chi connectivity index (χ1n) is 3.16. The highest BCUT2D eigenvalue weighted by Gasteiger charge is 1.99. The van der Waals surface area contributed by atoms with Gasteiger partial charge in [0.1, 0.15) is 5.15 Å². The zero-order chi connectivity index (χ0) is 8.27.